The molecular weight excluding hydrogens is 346 g/mol. The second-order valence-electron chi connectivity index (χ2n) is 5.02. The Bertz CT molecular complexity index is 808. The highest BCUT2D eigenvalue weighted by Crippen LogP contribution is 2.28. The average molecular weight is 362 g/mol. The largest absolute Gasteiger partial charge is 0.487 e. The monoisotopic (exact) mass is 361 g/mol. The van der Waals surface area contributed by atoms with E-state index in [-0.39, 0.29) is 16.6 Å². The minimum absolute atomic E-state index is 0.142. The molecule has 2 aromatic rings. The lowest BCUT2D eigenvalue weighted by atomic mass is 10.1. The van der Waals surface area contributed by atoms with Gasteiger partial charge in [-0.2, -0.15) is 0 Å². The third kappa shape index (κ3) is 5.58. The molecule has 0 saturated heterocycles. The molecule has 0 aliphatic heterocycles. The van der Waals surface area contributed by atoms with Crippen molar-refractivity contribution in [1.82, 2.24) is 4.98 Å². The maximum absolute atomic E-state index is 11.9. The number of carbonyl (C=O) groups is 1. The van der Waals surface area contributed by atoms with Crippen molar-refractivity contribution in [3.05, 3.63) is 63.4 Å². The molecule has 2 rings (SSSR count). The highest BCUT2D eigenvalue weighted by Gasteiger charge is 2.15. The Morgan fingerprint density at radius 3 is 2.88 bits per heavy atom. The first-order valence-electron chi connectivity index (χ1n) is 7.51. The van der Waals surface area contributed by atoms with Crippen LogP contribution in [0.25, 0.3) is 6.08 Å². The number of carbonyl (C=O) groups excluding carboxylic acids is 1. The van der Waals surface area contributed by atoms with E-state index >= 15 is 0 Å². The van der Waals surface area contributed by atoms with Gasteiger partial charge in [-0.15, -0.1) is 0 Å². The average Bonchev–Trinajstić information content (AvgIpc) is 2.58. The van der Waals surface area contributed by atoms with Crippen molar-refractivity contribution in [3.63, 3.8) is 0 Å². The van der Waals surface area contributed by atoms with E-state index in [4.69, 9.17) is 16.3 Å². The lowest BCUT2D eigenvalue weighted by Crippen LogP contribution is -2.07. The van der Waals surface area contributed by atoms with Crippen molar-refractivity contribution in [3.8, 4) is 5.75 Å². The van der Waals surface area contributed by atoms with Crippen LogP contribution in [0, 0.1) is 10.1 Å². The van der Waals surface area contributed by atoms with Crippen LogP contribution in [-0.2, 0) is 4.79 Å². The van der Waals surface area contributed by atoms with Crippen molar-refractivity contribution in [1.29, 1.82) is 0 Å². The van der Waals surface area contributed by atoms with E-state index in [1.807, 2.05) is 6.92 Å². The smallest absolute Gasteiger partial charge is 0.311 e. The summed E-state index contributed by atoms with van der Waals surface area (Å²) in [6.07, 6.45) is 4.98. The van der Waals surface area contributed by atoms with E-state index < -0.39 is 10.8 Å². The standard InChI is InChI=1S/C17H16ClN3O4/c1-2-9-25-15-5-3-12(10-14(15)21(23)24)4-6-17(22)20-13-7-8-19-16(18)11-13/h3-8,10-11H,2,9H2,1H3,(H,19,20,22)/b6-4+. The highest BCUT2D eigenvalue weighted by molar-refractivity contribution is 6.29. The summed E-state index contributed by atoms with van der Waals surface area (Å²) in [6.45, 7) is 2.31. The van der Waals surface area contributed by atoms with Crippen LogP contribution in [0.2, 0.25) is 5.15 Å². The van der Waals surface area contributed by atoms with Gasteiger partial charge in [-0.05, 0) is 36.3 Å². The van der Waals surface area contributed by atoms with Crippen LogP contribution >= 0.6 is 11.6 Å². The Kier molecular flexibility index (Phi) is 6.47. The number of ether oxygens (including phenoxy) is 1. The van der Waals surface area contributed by atoms with Gasteiger partial charge in [0.05, 0.1) is 11.5 Å². The Morgan fingerprint density at radius 1 is 1.40 bits per heavy atom. The fraction of sp³-hybridized carbons (Fsp3) is 0.176. The van der Waals surface area contributed by atoms with Gasteiger partial charge in [0, 0.05) is 24.0 Å². The van der Waals surface area contributed by atoms with Crippen molar-refractivity contribution in [2.45, 2.75) is 13.3 Å². The van der Waals surface area contributed by atoms with E-state index in [2.05, 4.69) is 10.3 Å². The predicted octanol–water partition coefficient (Wildman–Crippen LogP) is 4.08. The molecular formula is C17H16ClN3O4. The maximum atomic E-state index is 11.9. The maximum Gasteiger partial charge on any atom is 0.311 e. The SMILES string of the molecule is CCCOc1ccc(/C=C/C(=O)Nc2ccnc(Cl)c2)cc1[N+](=O)[O-]. The van der Waals surface area contributed by atoms with E-state index in [9.17, 15) is 14.9 Å². The summed E-state index contributed by atoms with van der Waals surface area (Å²) >= 11 is 5.74. The summed E-state index contributed by atoms with van der Waals surface area (Å²) in [6, 6.07) is 7.64. The number of hydrogen-bond donors (Lipinski definition) is 1. The number of nitrogens with one attached hydrogen (secondary N) is 1. The molecule has 0 saturated carbocycles. The third-order valence-corrected chi connectivity index (χ3v) is 3.27. The number of benzene rings is 1. The van der Waals surface area contributed by atoms with Gasteiger partial charge in [0.15, 0.2) is 5.75 Å². The first-order valence-corrected chi connectivity index (χ1v) is 7.89. The molecule has 7 nitrogen and oxygen atoms in total. The number of pyridine rings is 1. The number of aromatic nitrogens is 1. The molecule has 0 aliphatic rings. The topological polar surface area (TPSA) is 94.4 Å². The summed E-state index contributed by atoms with van der Waals surface area (Å²) < 4.78 is 5.35. The second kappa shape index (κ2) is 8.79. The number of halogens is 1. The Hall–Kier alpha value is -2.93. The van der Waals surface area contributed by atoms with E-state index in [0.717, 1.165) is 6.42 Å². The summed E-state index contributed by atoms with van der Waals surface area (Å²) in [4.78, 5) is 26.4. The normalized spacial score (nSPS) is 10.6. The Labute approximate surface area is 149 Å². The fourth-order valence-corrected chi connectivity index (χ4v) is 2.12. The zero-order valence-corrected chi connectivity index (χ0v) is 14.2. The number of anilines is 1. The highest BCUT2D eigenvalue weighted by atomic mass is 35.5. The minimum atomic E-state index is -0.513. The Morgan fingerprint density at radius 2 is 2.20 bits per heavy atom. The van der Waals surface area contributed by atoms with Gasteiger partial charge in [0.1, 0.15) is 5.15 Å². The first kappa shape index (κ1) is 18.4. The molecule has 0 bridgehead atoms. The van der Waals surface area contributed by atoms with Crippen LogP contribution in [0.3, 0.4) is 0 Å². The summed E-state index contributed by atoms with van der Waals surface area (Å²) in [5.74, 6) is -0.184. The lowest BCUT2D eigenvalue weighted by Gasteiger charge is -2.06. The molecule has 1 aromatic heterocycles. The predicted molar refractivity (Wildman–Crippen MR) is 95.8 cm³/mol. The number of hydrogen-bond acceptors (Lipinski definition) is 5. The zero-order valence-electron chi connectivity index (χ0n) is 13.4. The van der Waals surface area contributed by atoms with E-state index in [1.165, 1.54) is 36.5 Å². The number of nitro benzene ring substituents is 1. The number of amides is 1. The number of nitrogens with zero attached hydrogens (tertiary/aromatic N) is 2. The van der Waals surface area contributed by atoms with Gasteiger partial charge in [-0.3, -0.25) is 14.9 Å². The van der Waals surface area contributed by atoms with Gasteiger partial charge >= 0.3 is 5.69 Å². The molecule has 0 radical (unpaired) electrons. The number of nitro groups is 1. The van der Waals surface area contributed by atoms with Gasteiger partial charge in [0.2, 0.25) is 5.91 Å². The molecule has 1 N–H and O–H groups in total. The quantitative estimate of drug-likeness (QED) is 0.347. The zero-order chi connectivity index (χ0) is 18.2. The Balaban J connectivity index is 2.10. The molecule has 0 atom stereocenters. The van der Waals surface area contributed by atoms with Crippen LogP contribution in [0.5, 0.6) is 5.75 Å². The molecule has 0 unspecified atom stereocenters. The summed E-state index contributed by atoms with van der Waals surface area (Å²) in [7, 11) is 0. The lowest BCUT2D eigenvalue weighted by molar-refractivity contribution is -0.385. The molecule has 1 amide bonds. The molecule has 130 valence electrons. The molecule has 1 aromatic carbocycles. The minimum Gasteiger partial charge on any atom is -0.487 e. The molecule has 0 aliphatic carbocycles. The molecule has 1 heterocycles. The first-order chi connectivity index (χ1) is 12.0. The van der Waals surface area contributed by atoms with Gasteiger partial charge in [-0.1, -0.05) is 24.6 Å². The summed E-state index contributed by atoms with van der Waals surface area (Å²) in [5, 5.41) is 14.0. The van der Waals surface area contributed by atoms with Gasteiger partial charge in [0.25, 0.3) is 0 Å². The van der Waals surface area contributed by atoms with Crippen molar-refractivity contribution in [2.75, 3.05) is 11.9 Å². The van der Waals surface area contributed by atoms with E-state index in [0.29, 0.717) is 17.9 Å². The van der Waals surface area contributed by atoms with Gasteiger partial charge < -0.3 is 10.1 Å². The second-order valence-corrected chi connectivity index (χ2v) is 5.41. The van der Waals surface area contributed by atoms with Crippen molar-refractivity contribution < 1.29 is 14.5 Å². The number of rotatable bonds is 7. The van der Waals surface area contributed by atoms with Crippen LogP contribution in [0.15, 0.2) is 42.6 Å². The molecule has 8 heteroatoms. The summed E-state index contributed by atoms with van der Waals surface area (Å²) in [5.41, 5.74) is 0.874. The fourth-order valence-electron chi connectivity index (χ4n) is 1.95. The molecule has 25 heavy (non-hydrogen) atoms. The van der Waals surface area contributed by atoms with Crippen LogP contribution < -0.4 is 10.1 Å². The molecule has 0 spiro atoms. The van der Waals surface area contributed by atoms with Crippen molar-refractivity contribution >= 4 is 35.0 Å². The third-order valence-electron chi connectivity index (χ3n) is 3.06. The van der Waals surface area contributed by atoms with E-state index in [1.54, 1.807) is 12.1 Å². The van der Waals surface area contributed by atoms with Crippen LogP contribution in [-0.4, -0.2) is 22.4 Å². The van der Waals surface area contributed by atoms with Crippen molar-refractivity contribution in [2.24, 2.45) is 0 Å². The van der Waals surface area contributed by atoms with Gasteiger partial charge in [-0.25, -0.2) is 4.98 Å². The van der Waals surface area contributed by atoms with Crippen LogP contribution in [0.4, 0.5) is 11.4 Å². The molecule has 0 fully saturated rings. The van der Waals surface area contributed by atoms with Crippen LogP contribution in [0.1, 0.15) is 18.9 Å².